The van der Waals surface area contributed by atoms with E-state index in [2.05, 4.69) is 20.5 Å². The molecule has 1 aliphatic carbocycles. The second-order valence-corrected chi connectivity index (χ2v) is 8.58. The van der Waals surface area contributed by atoms with Gasteiger partial charge in [0.1, 0.15) is 23.0 Å². The molecule has 0 aliphatic heterocycles. The molecule has 2 N–H and O–H groups in total. The summed E-state index contributed by atoms with van der Waals surface area (Å²) in [5, 5.41) is 18.0. The first-order chi connectivity index (χ1) is 17.1. The molecule has 3 aromatic rings. The maximum absolute atomic E-state index is 13.0. The van der Waals surface area contributed by atoms with Crippen LogP contribution >= 0.6 is 11.6 Å². The van der Waals surface area contributed by atoms with E-state index < -0.39 is 35.5 Å². The standard InChI is InChI=1S/C24H18ClF3N4O4/c25-16-10-14(6-7-19(16)35-24(26,27)28)11-18(21(33)31-23(13-29)8-9-23)30-22(34)20-12-17(32-36-20)15-4-2-1-3-5-15/h1-7,10,12,18H,8-9,11H2,(H,30,34)(H,31,33). The Morgan fingerprint density at radius 1 is 1.19 bits per heavy atom. The van der Waals surface area contributed by atoms with E-state index in [1.165, 1.54) is 18.2 Å². The lowest BCUT2D eigenvalue weighted by Gasteiger charge is -2.20. The van der Waals surface area contributed by atoms with Gasteiger partial charge in [0.2, 0.25) is 11.7 Å². The molecular weight excluding hydrogens is 501 g/mol. The number of amides is 2. The van der Waals surface area contributed by atoms with Crippen molar-refractivity contribution in [1.29, 1.82) is 5.26 Å². The van der Waals surface area contributed by atoms with Gasteiger partial charge >= 0.3 is 6.36 Å². The van der Waals surface area contributed by atoms with E-state index in [0.717, 1.165) is 11.6 Å². The van der Waals surface area contributed by atoms with Crippen LogP contribution in [0, 0.1) is 11.3 Å². The molecule has 1 atom stereocenters. The van der Waals surface area contributed by atoms with Crippen LogP contribution < -0.4 is 15.4 Å². The molecule has 1 unspecified atom stereocenters. The molecule has 1 aromatic heterocycles. The van der Waals surface area contributed by atoms with Gasteiger partial charge in [-0.2, -0.15) is 5.26 Å². The van der Waals surface area contributed by atoms with E-state index in [1.807, 2.05) is 12.1 Å². The van der Waals surface area contributed by atoms with Crippen LogP contribution in [0.2, 0.25) is 5.02 Å². The third-order valence-corrected chi connectivity index (χ3v) is 5.71. The minimum absolute atomic E-state index is 0.134. The largest absolute Gasteiger partial charge is 0.573 e. The van der Waals surface area contributed by atoms with E-state index >= 15 is 0 Å². The number of hydrogen-bond donors (Lipinski definition) is 2. The van der Waals surface area contributed by atoms with Crippen molar-refractivity contribution in [2.75, 3.05) is 0 Å². The first kappa shape index (κ1) is 25.1. The molecule has 0 bridgehead atoms. The second kappa shape index (κ2) is 9.91. The Labute approximate surface area is 208 Å². The first-order valence-electron chi connectivity index (χ1n) is 10.7. The summed E-state index contributed by atoms with van der Waals surface area (Å²) in [7, 11) is 0. The summed E-state index contributed by atoms with van der Waals surface area (Å²) in [6, 6.07) is 14.7. The summed E-state index contributed by atoms with van der Waals surface area (Å²) < 4.78 is 46.6. The van der Waals surface area contributed by atoms with Gasteiger partial charge in [0, 0.05) is 18.1 Å². The topological polar surface area (TPSA) is 117 Å². The Morgan fingerprint density at radius 3 is 2.53 bits per heavy atom. The van der Waals surface area contributed by atoms with E-state index in [-0.39, 0.29) is 17.2 Å². The molecule has 0 saturated heterocycles. The summed E-state index contributed by atoms with van der Waals surface area (Å²) >= 11 is 5.92. The third kappa shape index (κ3) is 6.14. The molecule has 2 amide bonds. The molecule has 36 heavy (non-hydrogen) atoms. The Bertz CT molecular complexity index is 1320. The smallest absolute Gasteiger partial charge is 0.404 e. The lowest BCUT2D eigenvalue weighted by atomic mass is 10.0. The summed E-state index contributed by atoms with van der Waals surface area (Å²) in [5.74, 6) is -2.14. The number of nitriles is 1. The van der Waals surface area contributed by atoms with Crippen molar-refractivity contribution in [3.8, 4) is 23.1 Å². The number of nitrogens with one attached hydrogen (secondary N) is 2. The molecule has 1 aliphatic rings. The van der Waals surface area contributed by atoms with Gasteiger partial charge in [-0.3, -0.25) is 9.59 Å². The van der Waals surface area contributed by atoms with Crippen LogP contribution in [0.5, 0.6) is 5.75 Å². The summed E-state index contributed by atoms with van der Waals surface area (Å²) in [4.78, 5) is 25.8. The SMILES string of the molecule is N#CC1(NC(=O)C(Cc2ccc(OC(F)(F)F)c(Cl)c2)NC(=O)c2cc(-c3ccccc3)no2)CC1. The van der Waals surface area contributed by atoms with Crippen molar-refractivity contribution in [3.05, 3.63) is 70.9 Å². The molecule has 8 nitrogen and oxygen atoms in total. The normalized spacial score (nSPS) is 14.9. The maximum Gasteiger partial charge on any atom is 0.573 e. The van der Waals surface area contributed by atoms with Gasteiger partial charge in [0.25, 0.3) is 5.91 Å². The molecule has 2 aromatic carbocycles. The first-order valence-corrected chi connectivity index (χ1v) is 11.1. The van der Waals surface area contributed by atoms with Crippen molar-refractivity contribution < 1.29 is 32.0 Å². The summed E-state index contributed by atoms with van der Waals surface area (Å²) in [6.45, 7) is 0. The highest BCUT2D eigenvalue weighted by molar-refractivity contribution is 6.32. The fourth-order valence-electron chi connectivity index (χ4n) is 3.39. The maximum atomic E-state index is 13.0. The summed E-state index contributed by atoms with van der Waals surface area (Å²) in [5.41, 5.74) is 0.471. The van der Waals surface area contributed by atoms with Crippen LogP contribution in [0.1, 0.15) is 29.0 Å². The Kier molecular flexibility index (Phi) is 6.90. The molecule has 1 fully saturated rings. The van der Waals surface area contributed by atoms with E-state index in [9.17, 15) is 28.0 Å². The number of benzene rings is 2. The number of rotatable bonds is 8. The molecule has 4 rings (SSSR count). The van der Waals surface area contributed by atoms with Gasteiger partial charge in [0.05, 0.1) is 11.1 Å². The highest BCUT2D eigenvalue weighted by Crippen LogP contribution is 2.35. The fraction of sp³-hybridized carbons (Fsp3) is 0.250. The molecule has 0 radical (unpaired) electrons. The number of aromatic nitrogens is 1. The highest BCUT2D eigenvalue weighted by atomic mass is 35.5. The van der Waals surface area contributed by atoms with Gasteiger partial charge in [0.15, 0.2) is 0 Å². The van der Waals surface area contributed by atoms with E-state index in [4.69, 9.17) is 16.1 Å². The molecule has 1 heterocycles. The number of carbonyl (C=O) groups excluding carboxylic acids is 2. The zero-order valence-corrected chi connectivity index (χ0v) is 19.2. The van der Waals surface area contributed by atoms with Gasteiger partial charge in [-0.25, -0.2) is 0 Å². The van der Waals surface area contributed by atoms with Gasteiger partial charge in [-0.1, -0.05) is 53.2 Å². The zero-order chi connectivity index (χ0) is 25.9. The van der Waals surface area contributed by atoms with Gasteiger partial charge in [-0.05, 0) is 30.5 Å². The van der Waals surface area contributed by atoms with Crippen molar-refractivity contribution >= 4 is 23.4 Å². The molecular formula is C24H18ClF3N4O4. The minimum Gasteiger partial charge on any atom is -0.404 e. The minimum atomic E-state index is -4.92. The van der Waals surface area contributed by atoms with Crippen LogP contribution in [-0.4, -0.2) is 34.9 Å². The number of halogens is 4. The Balaban J connectivity index is 1.53. The Morgan fingerprint density at radius 2 is 1.92 bits per heavy atom. The van der Waals surface area contributed by atoms with Crippen LogP contribution in [-0.2, 0) is 11.2 Å². The van der Waals surface area contributed by atoms with Crippen molar-refractivity contribution in [2.24, 2.45) is 0 Å². The van der Waals surface area contributed by atoms with Gasteiger partial charge < -0.3 is 19.9 Å². The number of alkyl halides is 3. The van der Waals surface area contributed by atoms with Gasteiger partial charge in [-0.15, -0.1) is 13.2 Å². The third-order valence-electron chi connectivity index (χ3n) is 5.41. The second-order valence-electron chi connectivity index (χ2n) is 8.17. The number of nitrogens with zero attached hydrogens (tertiary/aromatic N) is 2. The van der Waals surface area contributed by atoms with Crippen molar-refractivity contribution in [1.82, 2.24) is 15.8 Å². The molecule has 186 valence electrons. The number of ether oxygens (including phenoxy) is 1. The quantitative estimate of drug-likeness (QED) is 0.456. The van der Waals surface area contributed by atoms with E-state index in [1.54, 1.807) is 24.3 Å². The predicted octanol–water partition coefficient (Wildman–Crippen LogP) is 4.41. The van der Waals surface area contributed by atoms with Crippen LogP contribution in [0.4, 0.5) is 13.2 Å². The predicted molar refractivity (Wildman–Crippen MR) is 121 cm³/mol. The fourth-order valence-corrected chi connectivity index (χ4v) is 3.63. The number of hydrogen-bond acceptors (Lipinski definition) is 6. The molecule has 1 saturated carbocycles. The van der Waals surface area contributed by atoms with Crippen LogP contribution in [0.15, 0.2) is 59.1 Å². The summed E-state index contributed by atoms with van der Waals surface area (Å²) in [6.07, 6.45) is -4.13. The van der Waals surface area contributed by atoms with Crippen molar-refractivity contribution in [3.63, 3.8) is 0 Å². The lowest BCUT2D eigenvalue weighted by molar-refractivity contribution is -0.274. The highest BCUT2D eigenvalue weighted by Gasteiger charge is 2.45. The van der Waals surface area contributed by atoms with E-state index in [0.29, 0.717) is 24.1 Å². The molecule has 0 spiro atoms. The average Bonchev–Trinajstić information content (AvgIpc) is 3.42. The zero-order valence-electron chi connectivity index (χ0n) is 18.4. The molecule has 12 heteroatoms. The Hall–Kier alpha value is -4.04. The monoisotopic (exact) mass is 518 g/mol. The van der Waals surface area contributed by atoms with Crippen molar-refractivity contribution in [2.45, 2.75) is 37.2 Å². The average molecular weight is 519 g/mol. The lowest BCUT2D eigenvalue weighted by Crippen LogP contribution is -2.51. The van der Waals surface area contributed by atoms with Crippen LogP contribution in [0.3, 0.4) is 0 Å². The number of carbonyl (C=O) groups is 2. The van der Waals surface area contributed by atoms with Crippen LogP contribution in [0.25, 0.3) is 11.3 Å².